The smallest absolute Gasteiger partial charge is 0.334 e. The molecule has 182 valence electrons. The molecule has 6 heteroatoms. The fourth-order valence-electron chi connectivity index (χ4n) is 7.52. The number of nitrogens with zero attached hydrogens (tertiary/aromatic N) is 1. The van der Waals surface area contributed by atoms with Gasteiger partial charge in [0, 0.05) is 17.8 Å². The van der Waals surface area contributed by atoms with Crippen molar-refractivity contribution in [1.82, 2.24) is 4.90 Å². The highest BCUT2D eigenvalue weighted by Gasteiger charge is 2.57. The molecule has 0 aromatic heterocycles. The van der Waals surface area contributed by atoms with Crippen LogP contribution in [0.4, 0.5) is 5.69 Å². The van der Waals surface area contributed by atoms with Crippen molar-refractivity contribution in [1.29, 1.82) is 0 Å². The van der Waals surface area contributed by atoms with E-state index in [2.05, 4.69) is 5.32 Å². The summed E-state index contributed by atoms with van der Waals surface area (Å²) >= 11 is 0. The van der Waals surface area contributed by atoms with Gasteiger partial charge in [-0.25, -0.2) is 4.79 Å². The van der Waals surface area contributed by atoms with Crippen LogP contribution in [-0.4, -0.2) is 35.3 Å². The lowest BCUT2D eigenvalue weighted by Crippen LogP contribution is -2.56. The Labute approximate surface area is 206 Å². The zero-order chi connectivity index (χ0) is 24.0. The molecule has 2 aromatic carbocycles. The first-order valence-corrected chi connectivity index (χ1v) is 13.0. The van der Waals surface area contributed by atoms with E-state index in [-0.39, 0.29) is 23.2 Å². The molecule has 1 saturated heterocycles. The van der Waals surface area contributed by atoms with Crippen molar-refractivity contribution in [3.63, 3.8) is 0 Å². The zero-order valence-electron chi connectivity index (χ0n) is 19.9. The van der Waals surface area contributed by atoms with Gasteiger partial charge in [-0.15, -0.1) is 0 Å². The lowest BCUT2D eigenvalue weighted by Gasteiger charge is -2.56. The van der Waals surface area contributed by atoms with Gasteiger partial charge in [-0.05, 0) is 106 Å². The van der Waals surface area contributed by atoms with Gasteiger partial charge in [0.2, 0.25) is 5.91 Å². The van der Waals surface area contributed by atoms with Gasteiger partial charge in [-0.3, -0.25) is 9.59 Å². The number of esters is 1. The Hall–Kier alpha value is -3.15. The number of nitrogens with one attached hydrogen (secondary N) is 1. The van der Waals surface area contributed by atoms with Gasteiger partial charge in [-0.2, -0.15) is 0 Å². The van der Waals surface area contributed by atoms with E-state index in [1.165, 1.54) is 19.3 Å². The minimum absolute atomic E-state index is 0.194. The van der Waals surface area contributed by atoms with E-state index in [1.807, 2.05) is 23.1 Å². The second-order valence-electron chi connectivity index (χ2n) is 11.1. The summed E-state index contributed by atoms with van der Waals surface area (Å²) in [5.41, 5.74) is 0.960. The van der Waals surface area contributed by atoms with Crippen LogP contribution in [0.25, 0.3) is 0 Å². The van der Waals surface area contributed by atoms with Crippen LogP contribution in [0, 0.1) is 23.2 Å². The highest BCUT2D eigenvalue weighted by Crippen LogP contribution is 2.60. The summed E-state index contributed by atoms with van der Waals surface area (Å²) in [5.74, 6) is 2.15. The number of ether oxygens (including phenoxy) is 1. The quantitative estimate of drug-likeness (QED) is 0.488. The molecule has 4 saturated carbocycles. The molecular formula is C29H32N2O4. The molecule has 1 N–H and O–H groups in total. The van der Waals surface area contributed by atoms with Crippen LogP contribution in [0.2, 0.25) is 0 Å². The first-order chi connectivity index (χ1) is 17.0. The molecule has 1 atom stereocenters. The summed E-state index contributed by atoms with van der Waals surface area (Å²) in [6, 6.07) is 15.3. The predicted molar refractivity (Wildman–Crippen MR) is 132 cm³/mol. The topological polar surface area (TPSA) is 75.7 Å². The molecule has 4 bridgehead atoms. The first-order valence-electron chi connectivity index (χ1n) is 13.0. The molecule has 0 spiro atoms. The molecule has 4 aliphatic carbocycles. The SMILES string of the molecule is O=C(Nc1ccc(OC(=O)C2CCCN2C(=O)C23CC4CC(CC(C4)C2)C3)cc1)c1ccccc1. The van der Waals surface area contributed by atoms with E-state index >= 15 is 0 Å². The highest BCUT2D eigenvalue weighted by atomic mass is 16.5. The summed E-state index contributed by atoms with van der Waals surface area (Å²) in [5, 5.41) is 2.85. The number of carbonyl (C=O) groups is 3. The van der Waals surface area contributed by atoms with Crippen LogP contribution in [0.15, 0.2) is 54.6 Å². The Kier molecular flexibility index (Phi) is 5.62. The van der Waals surface area contributed by atoms with E-state index in [4.69, 9.17) is 4.74 Å². The molecule has 2 aromatic rings. The summed E-state index contributed by atoms with van der Waals surface area (Å²) in [4.78, 5) is 41.1. The Bertz CT molecular complexity index is 1090. The number of hydrogen-bond acceptors (Lipinski definition) is 4. The average Bonchev–Trinajstić information content (AvgIpc) is 3.34. The second kappa shape index (κ2) is 8.81. The molecule has 35 heavy (non-hydrogen) atoms. The molecule has 2 amide bonds. The Morgan fingerprint density at radius 1 is 0.857 bits per heavy atom. The molecule has 5 aliphatic rings. The molecule has 1 unspecified atom stereocenters. The highest BCUT2D eigenvalue weighted by molar-refractivity contribution is 6.04. The van der Waals surface area contributed by atoms with Crippen molar-refractivity contribution in [2.75, 3.05) is 11.9 Å². The second-order valence-corrected chi connectivity index (χ2v) is 11.1. The van der Waals surface area contributed by atoms with Crippen molar-refractivity contribution in [2.24, 2.45) is 23.2 Å². The predicted octanol–water partition coefficient (Wildman–Crippen LogP) is 5.05. The minimum atomic E-state index is -0.507. The van der Waals surface area contributed by atoms with Gasteiger partial charge in [0.05, 0.1) is 5.41 Å². The van der Waals surface area contributed by atoms with Crippen molar-refractivity contribution in [3.8, 4) is 5.75 Å². The average molecular weight is 473 g/mol. The van der Waals surface area contributed by atoms with E-state index in [0.29, 0.717) is 47.7 Å². The third-order valence-electron chi connectivity index (χ3n) is 8.64. The maximum absolute atomic E-state index is 13.8. The van der Waals surface area contributed by atoms with Gasteiger partial charge in [-0.1, -0.05) is 18.2 Å². The van der Waals surface area contributed by atoms with Gasteiger partial charge in [0.1, 0.15) is 11.8 Å². The van der Waals surface area contributed by atoms with Crippen molar-refractivity contribution >= 4 is 23.5 Å². The number of rotatable bonds is 5. The Morgan fingerprint density at radius 3 is 2.11 bits per heavy atom. The van der Waals surface area contributed by atoms with Crippen LogP contribution in [-0.2, 0) is 9.59 Å². The maximum Gasteiger partial charge on any atom is 0.334 e. The molecule has 1 heterocycles. The summed E-state index contributed by atoms with van der Waals surface area (Å²) in [7, 11) is 0. The summed E-state index contributed by atoms with van der Waals surface area (Å²) in [6.07, 6.45) is 8.38. The lowest BCUT2D eigenvalue weighted by molar-refractivity contribution is -0.162. The lowest BCUT2D eigenvalue weighted by atomic mass is 9.49. The standard InChI is InChI=1S/C29H32N2O4/c32-26(22-5-2-1-3-6-22)30-23-8-10-24(11-9-23)35-27(33)25-7-4-12-31(25)28(34)29-16-19-13-20(17-29)15-21(14-19)18-29/h1-3,5-6,8-11,19-21,25H,4,7,12-18H2,(H,30,32). The van der Waals surface area contributed by atoms with E-state index < -0.39 is 6.04 Å². The van der Waals surface area contributed by atoms with Crippen molar-refractivity contribution in [3.05, 3.63) is 60.2 Å². The number of likely N-dealkylation sites (tertiary alicyclic amines) is 1. The number of amides is 2. The number of anilines is 1. The van der Waals surface area contributed by atoms with Crippen LogP contribution in [0.3, 0.4) is 0 Å². The monoisotopic (exact) mass is 472 g/mol. The maximum atomic E-state index is 13.8. The Morgan fingerprint density at radius 2 is 1.49 bits per heavy atom. The molecule has 1 aliphatic heterocycles. The summed E-state index contributed by atoms with van der Waals surface area (Å²) in [6.45, 7) is 0.644. The fourth-order valence-corrected chi connectivity index (χ4v) is 7.52. The normalized spacial score (nSPS) is 30.8. The minimum Gasteiger partial charge on any atom is -0.425 e. The van der Waals surface area contributed by atoms with Crippen LogP contribution < -0.4 is 10.1 Å². The Balaban J connectivity index is 1.10. The van der Waals surface area contributed by atoms with E-state index in [0.717, 1.165) is 25.7 Å². The molecule has 6 nitrogen and oxygen atoms in total. The van der Waals surface area contributed by atoms with Gasteiger partial charge in [0.25, 0.3) is 5.91 Å². The first kappa shape index (κ1) is 22.3. The zero-order valence-corrected chi connectivity index (χ0v) is 19.9. The van der Waals surface area contributed by atoms with Gasteiger partial charge < -0.3 is 15.0 Å². The number of hydrogen-bond donors (Lipinski definition) is 1. The molecule has 5 fully saturated rings. The van der Waals surface area contributed by atoms with Gasteiger partial charge >= 0.3 is 5.97 Å². The third kappa shape index (κ3) is 4.24. The van der Waals surface area contributed by atoms with Crippen LogP contribution in [0.1, 0.15) is 61.7 Å². The van der Waals surface area contributed by atoms with Crippen molar-refractivity contribution < 1.29 is 19.1 Å². The van der Waals surface area contributed by atoms with Gasteiger partial charge in [0.15, 0.2) is 0 Å². The molecule has 7 rings (SSSR count). The third-order valence-corrected chi connectivity index (χ3v) is 8.64. The van der Waals surface area contributed by atoms with E-state index in [1.54, 1.807) is 36.4 Å². The number of carbonyl (C=O) groups excluding carboxylic acids is 3. The van der Waals surface area contributed by atoms with E-state index in [9.17, 15) is 14.4 Å². The van der Waals surface area contributed by atoms with Crippen LogP contribution >= 0.6 is 0 Å². The van der Waals surface area contributed by atoms with Crippen molar-refractivity contribution in [2.45, 2.75) is 57.4 Å². The largest absolute Gasteiger partial charge is 0.425 e. The molecule has 0 radical (unpaired) electrons. The summed E-state index contributed by atoms with van der Waals surface area (Å²) < 4.78 is 5.70. The number of benzene rings is 2. The molecular weight excluding hydrogens is 440 g/mol. The van der Waals surface area contributed by atoms with Crippen LogP contribution in [0.5, 0.6) is 5.75 Å². The fraction of sp³-hybridized carbons (Fsp3) is 0.483.